The monoisotopic (exact) mass is 142 g/mol. The van der Waals surface area contributed by atoms with Crippen LogP contribution in [0.15, 0.2) is 0 Å². The Morgan fingerprint density at radius 2 is 2.30 bits per heavy atom. The lowest BCUT2D eigenvalue weighted by molar-refractivity contribution is 0.476. The van der Waals surface area contributed by atoms with Crippen molar-refractivity contribution >= 4 is 0 Å². The molecule has 1 fully saturated rings. The van der Waals surface area contributed by atoms with E-state index in [1.165, 1.54) is 25.7 Å². The fourth-order valence-electron chi connectivity index (χ4n) is 1.57. The molecule has 1 rings (SSSR count). The van der Waals surface area contributed by atoms with Crippen LogP contribution in [0.1, 0.15) is 32.6 Å². The van der Waals surface area contributed by atoms with Gasteiger partial charge in [0.05, 0.1) is 0 Å². The van der Waals surface area contributed by atoms with Gasteiger partial charge in [-0.15, -0.1) is 0 Å². The molecule has 0 amide bonds. The second kappa shape index (κ2) is 3.94. The van der Waals surface area contributed by atoms with Crippen molar-refractivity contribution in [2.75, 3.05) is 6.54 Å². The second-order valence-corrected chi connectivity index (χ2v) is 3.16. The lowest BCUT2D eigenvalue weighted by Gasteiger charge is -2.15. The highest BCUT2D eigenvalue weighted by molar-refractivity contribution is 4.85. The Morgan fingerprint density at radius 1 is 1.50 bits per heavy atom. The summed E-state index contributed by atoms with van der Waals surface area (Å²) >= 11 is 0. The zero-order valence-electron chi connectivity index (χ0n) is 6.77. The normalized spacial score (nSPS) is 33.0. The molecule has 60 valence electrons. The first-order valence-corrected chi connectivity index (χ1v) is 4.33. The molecule has 0 aromatic rings. The highest BCUT2D eigenvalue weighted by Crippen LogP contribution is 2.16. The lowest BCUT2D eigenvalue weighted by Crippen LogP contribution is -2.41. The van der Waals surface area contributed by atoms with Crippen LogP contribution >= 0.6 is 0 Å². The standard InChI is InChI=1S/C8H18N2/c1-2-6-10-8-5-3-4-7(8)9/h7-8,10H,2-6,9H2,1H3/t7-,8+/m0/s1. The Bertz CT molecular complexity index is 93.3. The Morgan fingerprint density at radius 3 is 2.80 bits per heavy atom. The Hall–Kier alpha value is -0.0800. The van der Waals surface area contributed by atoms with Crippen molar-refractivity contribution in [2.45, 2.75) is 44.7 Å². The molecule has 0 heterocycles. The van der Waals surface area contributed by atoms with Gasteiger partial charge in [-0.05, 0) is 25.8 Å². The number of nitrogens with two attached hydrogens (primary N) is 1. The van der Waals surface area contributed by atoms with Gasteiger partial charge < -0.3 is 11.1 Å². The summed E-state index contributed by atoms with van der Waals surface area (Å²) in [6.07, 6.45) is 5.01. The number of hydrogen-bond acceptors (Lipinski definition) is 2. The van der Waals surface area contributed by atoms with Gasteiger partial charge in [0.15, 0.2) is 0 Å². The van der Waals surface area contributed by atoms with Gasteiger partial charge in [0, 0.05) is 12.1 Å². The summed E-state index contributed by atoms with van der Waals surface area (Å²) in [6.45, 7) is 3.31. The molecule has 0 saturated heterocycles. The Balaban J connectivity index is 2.14. The van der Waals surface area contributed by atoms with Gasteiger partial charge in [0.1, 0.15) is 0 Å². The van der Waals surface area contributed by atoms with Crippen molar-refractivity contribution in [3.63, 3.8) is 0 Å². The van der Waals surface area contributed by atoms with E-state index >= 15 is 0 Å². The molecule has 1 saturated carbocycles. The fraction of sp³-hybridized carbons (Fsp3) is 1.00. The first kappa shape index (κ1) is 8.02. The zero-order chi connectivity index (χ0) is 7.40. The minimum Gasteiger partial charge on any atom is -0.326 e. The van der Waals surface area contributed by atoms with E-state index in [0.717, 1.165) is 6.54 Å². The van der Waals surface area contributed by atoms with Crippen molar-refractivity contribution in [1.82, 2.24) is 5.32 Å². The average Bonchev–Trinajstić information content (AvgIpc) is 2.31. The lowest BCUT2D eigenvalue weighted by atomic mass is 10.2. The van der Waals surface area contributed by atoms with Crippen LogP contribution in [0.3, 0.4) is 0 Å². The third kappa shape index (κ3) is 1.96. The number of hydrogen-bond donors (Lipinski definition) is 2. The molecular formula is C8H18N2. The number of nitrogens with one attached hydrogen (secondary N) is 1. The molecular weight excluding hydrogens is 124 g/mol. The van der Waals surface area contributed by atoms with E-state index in [0.29, 0.717) is 12.1 Å². The van der Waals surface area contributed by atoms with Crippen molar-refractivity contribution < 1.29 is 0 Å². The molecule has 0 spiro atoms. The van der Waals surface area contributed by atoms with Gasteiger partial charge in [-0.1, -0.05) is 13.3 Å². The molecule has 0 aliphatic heterocycles. The summed E-state index contributed by atoms with van der Waals surface area (Å²) in [5, 5.41) is 3.46. The molecule has 1 aliphatic rings. The first-order chi connectivity index (χ1) is 4.84. The molecule has 0 radical (unpaired) electrons. The van der Waals surface area contributed by atoms with E-state index in [4.69, 9.17) is 5.73 Å². The Kier molecular flexibility index (Phi) is 3.16. The fourth-order valence-corrected chi connectivity index (χ4v) is 1.57. The van der Waals surface area contributed by atoms with Crippen LogP contribution in [0.5, 0.6) is 0 Å². The van der Waals surface area contributed by atoms with E-state index in [2.05, 4.69) is 12.2 Å². The van der Waals surface area contributed by atoms with E-state index in [9.17, 15) is 0 Å². The summed E-state index contributed by atoms with van der Waals surface area (Å²) in [4.78, 5) is 0. The molecule has 0 unspecified atom stereocenters. The second-order valence-electron chi connectivity index (χ2n) is 3.16. The molecule has 0 aromatic heterocycles. The maximum absolute atomic E-state index is 5.86. The summed E-state index contributed by atoms with van der Waals surface area (Å²) in [6, 6.07) is 1.03. The average molecular weight is 142 g/mol. The maximum atomic E-state index is 5.86. The van der Waals surface area contributed by atoms with Gasteiger partial charge in [-0.2, -0.15) is 0 Å². The molecule has 2 atom stereocenters. The van der Waals surface area contributed by atoms with E-state index in [1.54, 1.807) is 0 Å². The van der Waals surface area contributed by atoms with Gasteiger partial charge in [-0.3, -0.25) is 0 Å². The molecule has 2 heteroatoms. The zero-order valence-corrected chi connectivity index (χ0v) is 6.77. The summed E-state index contributed by atoms with van der Waals surface area (Å²) in [5.74, 6) is 0. The van der Waals surface area contributed by atoms with Crippen LogP contribution in [0.4, 0.5) is 0 Å². The topological polar surface area (TPSA) is 38.0 Å². The van der Waals surface area contributed by atoms with Crippen molar-refractivity contribution in [1.29, 1.82) is 0 Å². The minimum absolute atomic E-state index is 0.423. The van der Waals surface area contributed by atoms with Crippen LogP contribution in [-0.2, 0) is 0 Å². The first-order valence-electron chi connectivity index (χ1n) is 4.33. The van der Waals surface area contributed by atoms with Crippen LogP contribution in [-0.4, -0.2) is 18.6 Å². The highest BCUT2D eigenvalue weighted by atomic mass is 15.0. The van der Waals surface area contributed by atoms with Crippen molar-refractivity contribution in [2.24, 2.45) is 5.73 Å². The third-order valence-electron chi connectivity index (χ3n) is 2.23. The summed E-state index contributed by atoms with van der Waals surface area (Å²) in [5.41, 5.74) is 5.86. The summed E-state index contributed by atoms with van der Waals surface area (Å²) in [7, 11) is 0. The van der Waals surface area contributed by atoms with E-state index in [-0.39, 0.29) is 0 Å². The minimum atomic E-state index is 0.423. The van der Waals surface area contributed by atoms with Crippen LogP contribution in [0.2, 0.25) is 0 Å². The predicted octanol–water partition coefficient (Wildman–Crippen LogP) is 0.866. The van der Waals surface area contributed by atoms with Gasteiger partial charge in [0.2, 0.25) is 0 Å². The smallest absolute Gasteiger partial charge is 0.0219 e. The maximum Gasteiger partial charge on any atom is 0.0219 e. The largest absolute Gasteiger partial charge is 0.326 e. The molecule has 1 aliphatic carbocycles. The highest BCUT2D eigenvalue weighted by Gasteiger charge is 2.22. The van der Waals surface area contributed by atoms with Crippen LogP contribution < -0.4 is 11.1 Å². The van der Waals surface area contributed by atoms with Gasteiger partial charge in [0.25, 0.3) is 0 Å². The molecule has 0 aromatic carbocycles. The van der Waals surface area contributed by atoms with Crippen molar-refractivity contribution in [3.05, 3.63) is 0 Å². The summed E-state index contributed by atoms with van der Waals surface area (Å²) < 4.78 is 0. The predicted molar refractivity (Wildman–Crippen MR) is 43.9 cm³/mol. The SMILES string of the molecule is CCCN[C@@H]1CCC[C@@H]1N. The molecule has 10 heavy (non-hydrogen) atoms. The molecule has 3 N–H and O–H groups in total. The number of rotatable bonds is 3. The van der Waals surface area contributed by atoms with Crippen LogP contribution in [0.25, 0.3) is 0 Å². The van der Waals surface area contributed by atoms with Gasteiger partial charge >= 0.3 is 0 Å². The quantitative estimate of drug-likeness (QED) is 0.613. The molecule has 0 bridgehead atoms. The Labute approximate surface area is 63.2 Å². The van der Waals surface area contributed by atoms with Crippen molar-refractivity contribution in [3.8, 4) is 0 Å². The van der Waals surface area contributed by atoms with E-state index < -0.39 is 0 Å². The van der Waals surface area contributed by atoms with E-state index in [1.807, 2.05) is 0 Å². The third-order valence-corrected chi connectivity index (χ3v) is 2.23. The van der Waals surface area contributed by atoms with Gasteiger partial charge in [-0.25, -0.2) is 0 Å². The van der Waals surface area contributed by atoms with Crippen LogP contribution in [0, 0.1) is 0 Å². The molecule has 2 nitrogen and oxygen atoms in total.